The average molecular weight is 361 g/mol. The Morgan fingerprint density at radius 1 is 1.29 bits per heavy atom. The van der Waals surface area contributed by atoms with Crippen molar-refractivity contribution in [1.29, 1.82) is 0 Å². The van der Waals surface area contributed by atoms with Gasteiger partial charge in [0.2, 0.25) is 0 Å². The number of nitrogens with zero attached hydrogens (tertiary/aromatic N) is 2. The summed E-state index contributed by atoms with van der Waals surface area (Å²) in [4.78, 5) is 4.74. The SMILES string of the molecule is COc1ccc2nc3n(c2c1)C(c1cccc(Br)c1)SC3. The molecule has 0 bridgehead atoms. The van der Waals surface area contributed by atoms with Gasteiger partial charge in [-0.3, -0.25) is 0 Å². The third kappa shape index (κ3) is 2.15. The van der Waals surface area contributed by atoms with Gasteiger partial charge in [0.15, 0.2) is 0 Å². The van der Waals surface area contributed by atoms with E-state index in [9.17, 15) is 0 Å². The number of benzene rings is 2. The lowest BCUT2D eigenvalue weighted by molar-refractivity contribution is 0.415. The molecule has 0 aliphatic carbocycles. The molecule has 0 radical (unpaired) electrons. The Morgan fingerprint density at radius 3 is 3.00 bits per heavy atom. The molecule has 3 nitrogen and oxygen atoms in total. The molecule has 2 heterocycles. The molecule has 1 aliphatic rings. The lowest BCUT2D eigenvalue weighted by Gasteiger charge is -2.14. The zero-order valence-electron chi connectivity index (χ0n) is 11.4. The number of fused-ring (bicyclic) bond motifs is 3. The Morgan fingerprint density at radius 2 is 2.19 bits per heavy atom. The fourth-order valence-electron chi connectivity index (χ4n) is 2.75. The van der Waals surface area contributed by atoms with Gasteiger partial charge in [0.1, 0.15) is 16.9 Å². The topological polar surface area (TPSA) is 27.1 Å². The van der Waals surface area contributed by atoms with E-state index >= 15 is 0 Å². The number of methoxy groups -OCH3 is 1. The van der Waals surface area contributed by atoms with Crippen LogP contribution in [0.2, 0.25) is 0 Å². The summed E-state index contributed by atoms with van der Waals surface area (Å²) in [6.45, 7) is 0. The van der Waals surface area contributed by atoms with Gasteiger partial charge in [-0.1, -0.05) is 28.1 Å². The van der Waals surface area contributed by atoms with Crippen LogP contribution in [0, 0.1) is 0 Å². The fourth-order valence-corrected chi connectivity index (χ4v) is 4.40. The minimum atomic E-state index is 0.273. The van der Waals surface area contributed by atoms with Crippen LogP contribution in [0.15, 0.2) is 46.9 Å². The van der Waals surface area contributed by atoms with Gasteiger partial charge in [0.05, 0.1) is 23.9 Å². The highest BCUT2D eigenvalue weighted by Gasteiger charge is 2.27. The molecule has 0 amide bonds. The molecule has 1 unspecified atom stereocenters. The second-order valence-electron chi connectivity index (χ2n) is 4.97. The molecule has 106 valence electrons. The van der Waals surface area contributed by atoms with Crippen LogP contribution in [0.5, 0.6) is 5.75 Å². The molecule has 21 heavy (non-hydrogen) atoms. The molecule has 4 rings (SSSR count). The molecule has 3 aromatic rings. The van der Waals surface area contributed by atoms with E-state index < -0.39 is 0 Å². The number of imidazole rings is 1. The standard InChI is InChI=1S/C16H13BrN2OS/c1-20-12-5-6-13-14(8-12)19-15(18-13)9-21-16(19)10-3-2-4-11(17)7-10/h2-8,16H,9H2,1H3. The Hall–Kier alpha value is -1.46. The second kappa shape index (κ2) is 5.07. The maximum absolute atomic E-state index is 5.36. The smallest absolute Gasteiger partial charge is 0.121 e. The number of aromatic nitrogens is 2. The summed E-state index contributed by atoms with van der Waals surface area (Å²) in [6.07, 6.45) is 0. The van der Waals surface area contributed by atoms with Crippen molar-refractivity contribution in [2.45, 2.75) is 11.1 Å². The van der Waals surface area contributed by atoms with Crippen molar-refractivity contribution in [3.05, 3.63) is 58.3 Å². The van der Waals surface area contributed by atoms with E-state index in [2.05, 4.69) is 50.8 Å². The number of hydrogen-bond donors (Lipinski definition) is 0. The van der Waals surface area contributed by atoms with E-state index in [-0.39, 0.29) is 5.37 Å². The highest BCUT2D eigenvalue weighted by molar-refractivity contribution is 9.10. The van der Waals surface area contributed by atoms with Crippen LogP contribution < -0.4 is 4.74 Å². The summed E-state index contributed by atoms with van der Waals surface area (Å²) in [6, 6.07) is 14.6. The van der Waals surface area contributed by atoms with Gasteiger partial charge in [0.25, 0.3) is 0 Å². The first-order chi connectivity index (χ1) is 10.3. The highest BCUT2D eigenvalue weighted by atomic mass is 79.9. The molecule has 1 aromatic heterocycles. The molecule has 0 saturated heterocycles. The van der Waals surface area contributed by atoms with Gasteiger partial charge in [-0.25, -0.2) is 4.98 Å². The van der Waals surface area contributed by atoms with Crippen LogP contribution in [0.4, 0.5) is 0 Å². The van der Waals surface area contributed by atoms with Crippen LogP contribution in [0.3, 0.4) is 0 Å². The predicted octanol–water partition coefficient (Wildman–Crippen LogP) is 4.60. The zero-order valence-corrected chi connectivity index (χ0v) is 13.8. The molecule has 5 heteroatoms. The Kier molecular flexibility index (Phi) is 3.19. The van der Waals surface area contributed by atoms with Crippen molar-refractivity contribution in [3.8, 4) is 5.75 Å². The van der Waals surface area contributed by atoms with Gasteiger partial charge in [-0.15, -0.1) is 11.8 Å². The average Bonchev–Trinajstić information content (AvgIpc) is 3.05. The molecular weight excluding hydrogens is 348 g/mol. The van der Waals surface area contributed by atoms with Gasteiger partial charge in [-0.05, 0) is 29.8 Å². The molecule has 1 atom stereocenters. The summed E-state index contributed by atoms with van der Waals surface area (Å²) in [5.41, 5.74) is 3.46. The monoisotopic (exact) mass is 360 g/mol. The maximum Gasteiger partial charge on any atom is 0.121 e. The second-order valence-corrected chi connectivity index (χ2v) is 6.96. The summed E-state index contributed by atoms with van der Waals surface area (Å²) in [5, 5.41) is 0.273. The van der Waals surface area contributed by atoms with Gasteiger partial charge < -0.3 is 9.30 Å². The number of hydrogen-bond acceptors (Lipinski definition) is 3. The first-order valence-corrected chi connectivity index (χ1v) is 8.52. The van der Waals surface area contributed by atoms with Crippen molar-refractivity contribution >= 4 is 38.7 Å². The lowest BCUT2D eigenvalue weighted by atomic mass is 10.2. The van der Waals surface area contributed by atoms with Crippen LogP contribution in [0.1, 0.15) is 16.8 Å². The van der Waals surface area contributed by atoms with Crippen molar-refractivity contribution in [2.24, 2.45) is 0 Å². The Bertz CT molecular complexity index is 830. The third-order valence-corrected chi connectivity index (χ3v) is 5.43. The first-order valence-electron chi connectivity index (χ1n) is 6.68. The number of halogens is 1. The van der Waals surface area contributed by atoms with Crippen molar-refractivity contribution in [1.82, 2.24) is 9.55 Å². The molecule has 0 spiro atoms. The number of thioether (sulfide) groups is 1. The van der Waals surface area contributed by atoms with Gasteiger partial charge in [0, 0.05) is 10.5 Å². The minimum absolute atomic E-state index is 0.273. The summed E-state index contributed by atoms with van der Waals surface area (Å²) < 4.78 is 8.79. The summed E-state index contributed by atoms with van der Waals surface area (Å²) in [5.74, 6) is 2.94. The fraction of sp³-hybridized carbons (Fsp3) is 0.188. The lowest BCUT2D eigenvalue weighted by Crippen LogP contribution is -2.03. The van der Waals surface area contributed by atoms with E-state index in [4.69, 9.17) is 9.72 Å². The van der Waals surface area contributed by atoms with E-state index in [0.29, 0.717) is 0 Å². The molecular formula is C16H13BrN2OS. The molecule has 0 N–H and O–H groups in total. The molecule has 2 aromatic carbocycles. The molecule has 0 saturated carbocycles. The van der Waals surface area contributed by atoms with Gasteiger partial charge >= 0.3 is 0 Å². The quantitative estimate of drug-likeness (QED) is 0.668. The van der Waals surface area contributed by atoms with E-state index in [0.717, 1.165) is 32.8 Å². The van der Waals surface area contributed by atoms with E-state index in [1.54, 1.807) is 7.11 Å². The summed E-state index contributed by atoms with van der Waals surface area (Å²) >= 11 is 5.47. The van der Waals surface area contributed by atoms with Crippen molar-refractivity contribution in [2.75, 3.05) is 7.11 Å². The van der Waals surface area contributed by atoms with Gasteiger partial charge in [-0.2, -0.15) is 0 Å². The molecule has 0 fully saturated rings. The van der Waals surface area contributed by atoms with Crippen LogP contribution >= 0.6 is 27.7 Å². The zero-order chi connectivity index (χ0) is 14.4. The number of rotatable bonds is 2. The minimum Gasteiger partial charge on any atom is -0.497 e. The van der Waals surface area contributed by atoms with Crippen molar-refractivity contribution in [3.63, 3.8) is 0 Å². The van der Waals surface area contributed by atoms with E-state index in [1.165, 1.54) is 5.56 Å². The first kappa shape index (κ1) is 13.2. The van der Waals surface area contributed by atoms with Crippen LogP contribution in [0.25, 0.3) is 11.0 Å². The Labute approximate surface area is 135 Å². The van der Waals surface area contributed by atoms with Crippen LogP contribution in [-0.4, -0.2) is 16.7 Å². The van der Waals surface area contributed by atoms with Crippen LogP contribution in [-0.2, 0) is 5.75 Å². The van der Waals surface area contributed by atoms with E-state index in [1.807, 2.05) is 23.9 Å². The summed E-state index contributed by atoms with van der Waals surface area (Å²) in [7, 11) is 1.70. The predicted molar refractivity (Wildman–Crippen MR) is 89.9 cm³/mol. The van der Waals surface area contributed by atoms with Crippen molar-refractivity contribution < 1.29 is 4.74 Å². The Balaban J connectivity index is 1.90. The maximum atomic E-state index is 5.36. The number of ether oxygens (including phenoxy) is 1. The third-order valence-electron chi connectivity index (χ3n) is 3.71. The highest BCUT2D eigenvalue weighted by Crippen LogP contribution is 2.43. The largest absolute Gasteiger partial charge is 0.497 e. The normalized spacial score (nSPS) is 17.1. The molecule has 1 aliphatic heterocycles.